The monoisotopic (exact) mass is 376 g/mol. The van der Waals surface area contributed by atoms with E-state index in [1.54, 1.807) is 6.26 Å². The van der Waals surface area contributed by atoms with Gasteiger partial charge < -0.3 is 14.9 Å². The van der Waals surface area contributed by atoms with Gasteiger partial charge >= 0.3 is 5.97 Å². The van der Waals surface area contributed by atoms with E-state index < -0.39 is 18.5 Å². The Morgan fingerprint density at radius 1 is 1.25 bits per heavy atom. The lowest BCUT2D eigenvalue weighted by molar-refractivity contribution is -0.121. The minimum atomic E-state index is -0.688. The van der Waals surface area contributed by atoms with Gasteiger partial charge in [-0.2, -0.15) is 0 Å². The molecule has 2 heterocycles. The number of hydrogen-bond donors (Lipinski definition) is 1. The molecule has 2 N–H and O–H groups in total. The number of fused-ring (bicyclic) bond motifs is 2. The van der Waals surface area contributed by atoms with Gasteiger partial charge in [0.05, 0.1) is 23.0 Å². The number of ether oxygens (including phenoxy) is 1. The number of primary amides is 1. The molecule has 0 aliphatic heterocycles. The first-order chi connectivity index (χ1) is 13.5. The molecule has 0 radical (unpaired) electrons. The van der Waals surface area contributed by atoms with Gasteiger partial charge in [0.1, 0.15) is 5.76 Å². The molecule has 28 heavy (non-hydrogen) atoms. The van der Waals surface area contributed by atoms with Crippen LogP contribution in [-0.4, -0.2) is 23.5 Å². The maximum absolute atomic E-state index is 12.9. The molecule has 1 atom stereocenters. The first kappa shape index (κ1) is 18.0. The summed E-state index contributed by atoms with van der Waals surface area (Å²) in [5, 5.41) is 0.710. The summed E-state index contributed by atoms with van der Waals surface area (Å²) < 4.78 is 10.6. The molecule has 0 saturated carbocycles. The van der Waals surface area contributed by atoms with Crippen molar-refractivity contribution in [2.24, 2.45) is 11.7 Å². The zero-order valence-electron chi connectivity index (χ0n) is 15.5. The molecular formula is C22H20N2O4. The topological polar surface area (TPSA) is 95.4 Å². The van der Waals surface area contributed by atoms with Crippen LogP contribution in [0.1, 0.15) is 40.7 Å². The second kappa shape index (κ2) is 7.31. The molecule has 6 heteroatoms. The summed E-state index contributed by atoms with van der Waals surface area (Å²) in [5.74, 6) is -0.185. The first-order valence-electron chi connectivity index (χ1n) is 9.14. The van der Waals surface area contributed by atoms with Gasteiger partial charge in [-0.3, -0.25) is 4.79 Å². The van der Waals surface area contributed by atoms with Gasteiger partial charge in [0.25, 0.3) is 5.91 Å². The van der Waals surface area contributed by atoms with Crippen molar-refractivity contribution in [3.8, 4) is 0 Å². The minimum Gasteiger partial charge on any atom is -0.465 e. The number of allylic oxidation sites excluding steroid dienone is 1. The van der Waals surface area contributed by atoms with Crippen LogP contribution in [0.25, 0.3) is 22.6 Å². The van der Waals surface area contributed by atoms with Crippen LogP contribution in [0.2, 0.25) is 0 Å². The molecule has 0 spiro atoms. The molecule has 1 aliphatic carbocycles. The number of pyridine rings is 1. The highest BCUT2D eigenvalue weighted by molar-refractivity contribution is 6.07. The van der Waals surface area contributed by atoms with Crippen LogP contribution in [0.4, 0.5) is 0 Å². The van der Waals surface area contributed by atoms with Crippen LogP contribution < -0.4 is 5.73 Å². The van der Waals surface area contributed by atoms with E-state index in [0.29, 0.717) is 28.8 Å². The second-order valence-corrected chi connectivity index (χ2v) is 7.07. The lowest BCUT2D eigenvalue weighted by Crippen LogP contribution is -2.23. The predicted molar refractivity (Wildman–Crippen MR) is 105 cm³/mol. The van der Waals surface area contributed by atoms with E-state index in [-0.39, 0.29) is 0 Å². The van der Waals surface area contributed by atoms with E-state index in [4.69, 9.17) is 19.9 Å². The van der Waals surface area contributed by atoms with E-state index >= 15 is 0 Å². The molecule has 6 nitrogen and oxygen atoms in total. The van der Waals surface area contributed by atoms with Crippen molar-refractivity contribution in [2.75, 3.05) is 6.61 Å². The molecule has 0 bridgehead atoms. The van der Waals surface area contributed by atoms with Crippen LogP contribution >= 0.6 is 0 Å². The summed E-state index contributed by atoms with van der Waals surface area (Å²) in [6.07, 6.45) is 5.12. The molecule has 0 saturated heterocycles. The predicted octanol–water partition coefficient (Wildman–Crippen LogP) is 3.59. The molecule has 1 amide bonds. The molecular weight excluding hydrogens is 356 g/mol. The maximum Gasteiger partial charge on any atom is 0.339 e. The molecule has 142 valence electrons. The fourth-order valence-electron chi connectivity index (χ4n) is 3.72. The van der Waals surface area contributed by atoms with Crippen molar-refractivity contribution in [3.05, 3.63) is 65.2 Å². The van der Waals surface area contributed by atoms with Crippen molar-refractivity contribution in [3.63, 3.8) is 0 Å². The summed E-state index contributed by atoms with van der Waals surface area (Å²) in [6.45, 7) is 1.68. The third-order valence-corrected chi connectivity index (χ3v) is 4.83. The standard InChI is InChI=1S/C22H20N2O4/c1-13-9-14(11-15-5-4-8-27-15)21-17(10-13)20(22(26)28-12-19(23)25)16-6-2-3-7-18(16)24-21/h2-8,11,13H,9-10,12H2,1H3,(H2,23,25)/b14-11+. The number of furan rings is 1. The Bertz CT molecular complexity index is 1080. The number of esters is 1. The molecule has 2 aromatic heterocycles. The Labute approximate surface area is 162 Å². The van der Waals surface area contributed by atoms with Crippen LogP contribution in [0.3, 0.4) is 0 Å². The Morgan fingerprint density at radius 3 is 2.82 bits per heavy atom. The number of nitrogens with two attached hydrogens (primary N) is 1. The third kappa shape index (κ3) is 3.41. The number of hydrogen-bond acceptors (Lipinski definition) is 5. The lowest BCUT2D eigenvalue weighted by atomic mass is 9.81. The summed E-state index contributed by atoms with van der Waals surface area (Å²) in [7, 11) is 0. The third-order valence-electron chi connectivity index (χ3n) is 4.83. The fourth-order valence-corrected chi connectivity index (χ4v) is 3.72. The Hall–Kier alpha value is -3.41. The van der Waals surface area contributed by atoms with E-state index in [1.807, 2.05) is 42.5 Å². The first-order valence-corrected chi connectivity index (χ1v) is 9.14. The fraction of sp³-hybridized carbons (Fsp3) is 0.227. The van der Waals surface area contributed by atoms with Gasteiger partial charge in [0.2, 0.25) is 0 Å². The molecule has 4 rings (SSSR count). The van der Waals surface area contributed by atoms with Crippen molar-refractivity contribution >= 4 is 34.4 Å². The quantitative estimate of drug-likeness (QED) is 0.702. The van der Waals surface area contributed by atoms with Crippen LogP contribution in [0.5, 0.6) is 0 Å². The molecule has 1 unspecified atom stereocenters. The molecule has 1 aliphatic rings. The van der Waals surface area contributed by atoms with Crippen molar-refractivity contribution in [1.29, 1.82) is 0 Å². The Morgan fingerprint density at radius 2 is 2.07 bits per heavy atom. The van der Waals surface area contributed by atoms with Crippen molar-refractivity contribution in [1.82, 2.24) is 4.98 Å². The van der Waals surface area contributed by atoms with Gasteiger partial charge in [-0.1, -0.05) is 25.1 Å². The van der Waals surface area contributed by atoms with Gasteiger partial charge in [0.15, 0.2) is 6.61 Å². The van der Waals surface area contributed by atoms with Gasteiger partial charge in [-0.15, -0.1) is 0 Å². The van der Waals surface area contributed by atoms with Gasteiger partial charge in [-0.05, 0) is 54.2 Å². The van der Waals surface area contributed by atoms with E-state index in [2.05, 4.69) is 6.92 Å². The smallest absolute Gasteiger partial charge is 0.339 e. The minimum absolute atomic E-state index is 0.319. The summed E-state index contributed by atoms with van der Waals surface area (Å²) in [4.78, 5) is 28.8. The largest absolute Gasteiger partial charge is 0.465 e. The summed E-state index contributed by atoms with van der Waals surface area (Å²) in [6, 6.07) is 11.2. The average molecular weight is 376 g/mol. The lowest BCUT2D eigenvalue weighted by Gasteiger charge is -2.26. The van der Waals surface area contributed by atoms with E-state index in [9.17, 15) is 9.59 Å². The molecule has 3 aromatic rings. The highest BCUT2D eigenvalue weighted by Gasteiger charge is 2.29. The number of nitrogens with zero attached hydrogens (tertiary/aromatic N) is 1. The number of benzene rings is 1. The summed E-state index contributed by atoms with van der Waals surface area (Å²) in [5.41, 5.74) is 8.93. The maximum atomic E-state index is 12.9. The normalized spacial score (nSPS) is 17.5. The van der Waals surface area contributed by atoms with E-state index in [0.717, 1.165) is 29.0 Å². The van der Waals surface area contributed by atoms with Crippen LogP contribution in [0.15, 0.2) is 47.1 Å². The van der Waals surface area contributed by atoms with Gasteiger partial charge in [-0.25, -0.2) is 9.78 Å². The Balaban J connectivity index is 1.92. The van der Waals surface area contributed by atoms with Crippen LogP contribution in [-0.2, 0) is 16.0 Å². The zero-order valence-corrected chi connectivity index (χ0v) is 15.5. The number of amides is 1. The summed E-state index contributed by atoms with van der Waals surface area (Å²) >= 11 is 0. The highest BCUT2D eigenvalue weighted by atomic mass is 16.5. The number of carbonyl (C=O) groups excluding carboxylic acids is 2. The second-order valence-electron chi connectivity index (χ2n) is 7.07. The van der Waals surface area contributed by atoms with Crippen molar-refractivity contribution in [2.45, 2.75) is 19.8 Å². The van der Waals surface area contributed by atoms with Crippen LogP contribution in [0, 0.1) is 5.92 Å². The zero-order chi connectivity index (χ0) is 19.7. The molecule has 0 fully saturated rings. The highest BCUT2D eigenvalue weighted by Crippen LogP contribution is 2.38. The van der Waals surface area contributed by atoms with E-state index in [1.165, 1.54) is 0 Å². The Kier molecular flexibility index (Phi) is 4.69. The number of aromatic nitrogens is 1. The molecule has 1 aromatic carbocycles. The number of carbonyl (C=O) groups is 2. The number of para-hydroxylation sites is 1. The number of rotatable bonds is 4. The van der Waals surface area contributed by atoms with Crippen molar-refractivity contribution < 1.29 is 18.7 Å². The average Bonchev–Trinajstić information content (AvgIpc) is 3.17. The SMILES string of the molecule is CC1C/C(=C\c2ccco2)c2nc3ccccc3c(C(=O)OCC(N)=O)c2C1. The van der Waals surface area contributed by atoms with Gasteiger partial charge in [0, 0.05) is 5.39 Å².